The third-order valence-electron chi connectivity index (χ3n) is 4.24. The molecule has 3 aromatic rings. The number of aryl methyl sites for hydroxylation is 1. The minimum absolute atomic E-state index is 0.116. The number of nitrogens with zero attached hydrogens (tertiary/aromatic N) is 3. The van der Waals surface area contributed by atoms with E-state index >= 15 is 0 Å². The number of hydrogen-bond acceptors (Lipinski definition) is 4. The topological polar surface area (TPSA) is 75.4 Å². The summed E-state index contributed by atoms with van der Waals surface area (Å²) < 4.78 is 1.66. The number of benzene rings is 2. The van der Waals surface area contributed by atoms with E-state index in [2.05, 4.69) is 5.10 Å². The van der Waals surface area contributed by atoms with Gasteiger partial charge in [0, 0.05) is 25.0 Å². The van der Waals surface area contributed by atoms with Gasteiger partial charge in [0.05, 0.1) is 12.1 Å². The Bertz CT molecular complexity index is 967. The highest BCUT2D eigenvalue weighted by atomic mass is 16.3. The Morgan fingerprint density at radius 2 is 1.81 bits per heavy atom. The Morgan fingerprint density at radius 3 is 2.50 bits per heavy atom. The molecule has 0 spiro atoms. The summed E-state index contributed by atoms with van der Waals surface area (Å²) in [6.45, 7) is 2.70. The average molecular weight is 351 g/mol. The second-order valence-electron chi connectivity index (χ2n) is 5.95. The minimum Gasteiger partial charge on any atom is -0.395 e. The van der Waals surface area contributed by atoms with E-state index in [9.17, 15) is 14.7 Å². The van der Waals surface area contributed by atoms with Gasteiger partial charge in [0.15, 0.2) is 5.69 Å². The molecule has 0 unspecified atom stereocenters. The summed E-state index contributed by atoms with van der Waals surface area (Å²) in [6.07, 6.45) is 0. The fourth-order valence-electron chi connectivity index (χ4n) is 2.95. The fourth-order valence-corrected chi connectivity index (χ4v) is 2.95. The summed E-state index contributed by atoms with van der Waals surface area (Å²) >= 11 is 0. The number of hydrogen-bond donors (Lipinski definition) is 1. The summed E-state index contributed by atoms with van der Waals surface area (Å²) in [6, 6.07) is 16.6. The summed E-state index contributed by atoms with van der Waals surface area (Å²) in [7, 11) is 0. The van der Waals surface area contributed by atoms with Gasteiger partial charge in [-0.2, -0.15) is 5.10 Å². The molecule has 0 radical (unpaired) electrons. The first kappa shape index (κ1) is 17.8. The van der Waals surface area contributed by atoms with E-state index in [1.54, 1.807) is 16.8 Å². The Labute approximate surface area is 151 Å². The molecule has 0 atom stereocenters. The van der Waals surface area contributed by atoms with E-state index in [1.165, 1.54) is 4.90 Å². The van der Waals surface area contributed by atoms with Gasteiger partial charge in [-0.25, -0.2) is 0 Å². The highest BCUT2D eigenvalue weighted by Crippen LogP contribution is 2.12. The van der Waals surface area contributed by atoms with Crippen molar-refractivity contribution in [2.75, 3.05) is 13.2 Å². The van der Waals surface area contributed by atoms with Crippen LogP contribution in [0.25, 0.3) is 10.9 Å². The maximum absolute atomic E-state index is 13.0. The molecule has 1 amide bonds. The predicted octanol–water partition coefficient (Wildman–Crippen LogP) is 2.05. The summed E-state index contributed by atoms with van der Waals surface area (Å²) in [5, 5.41) is 14.1. The maximum atomic E-state index is 13.0. The van der Waals surface area contributed by atoms with Crippen LogP contribution in [0.3, 0.4) is 0 Å². The lowest BCUT2D eigenvalue weighted by Gasteiger charge is -2.22. The van der Waals surface area contributed by atoms with E-state index in [-0.39, 0.29) is 24.3 Å². The molecule has 0 bridgehead atoms. The number of carbonyl (C=O) groups is 1. The number of fused-ring (bicyclic) bond motifs is 1. The van der Waals surface area contributed by atoms with Gasteiger partial charge in [-0.15, -0.1) is 0 Å². The van der Waals surface area contributed by atoms with Crippen molar-refractivity contribution in [3.63, 3.8) is 0 Å². The Balaban J connectivity index is 2.04. The van der Waals surface area contributed by atoms with Crippen LogP contribution in [0.4, 0.5) is 0 Å². The van der Waals surface area contributed by atoms with Gasteiger partial charge in [-0.1, -0.05) is 42.5 Å². The van der Waals surface area contributed by atoms with Crippen LogP contribution in [0, 0.1) is 0 Å². The zero-order chi connectivity index (χ0) is 18.5. The van der Waals surface area contributed by atoms with Crippen LogP contribution in [0.1, 0.15) is 23.0 Å². The SMILES string of the molecule is CCn1nc(C(=O)N(CCO)Cc2ccccc2)c(=O)c2ccccc21. The zero-order valence-electron chi connectivity index (χ0n) is 14.6. The lowest BCUT2D eigenvalue weighted by molar-refractivity contribution is 0.0698. The molecular weight excluding hydrogens is 330 g/mol. The molecule has 0 saturated heterocycles. The monoisotopic (exact) mass is 351 g/mol. The normalized spacial score (nSPS) is 10.8. The zero-order valence-corrected chi connectivity index (χ0v) is 14.6. The molecule has 1 N–H and O–H groups in total. The van der Waals surface area contributed by atoms with Crippen molar-refractivity contribution in [3.8, 4) is 0 Å². The molecular formula is C20H21N3O3. The van der Waals surface area contributed by atoms with Crippen molar-refractivity contribution in [2.45, 2.75) is 20.0 Å². The maximum Gasteiger partial charge on any atom is 0.278 e. The van der Waals surface area contributed by atoms with Gasteiger partial charge >= 0.3 is 0 Å². The first-order chi connectivity index (χ1) is 12.7. The van der Waals surface area contributed by atoms with Crippen LogP contribution in [0.15, 0.2) is 59.4 Å². The lowest BCUT2D eigenvalue weighted by atomic mass is 10.1. The van der Waals surface area contributed by atoms with Crippen molar-refractivity contribution in [1.29, 1.82) is 0 Å². The highest BCUT2D eigenvalue weighted by Gasteiger charge is 2.22. The van der Waals surface area contributed by atoms with Gasteiger partial charge in [0.1, 0.15) is 0 Å². The van der Waals surface area contributed by atoms with E-state index in [1.807, 2.05) is 49.4 Å². The van der Waals surface area contributed by atoms with Crippen LogP contribution in [-0.4, -0.2) is 38.8 Å². The van der Waals surface area contributed by atoms with E-state index in [0.29, 0.717) is 24.0 Å². The molecule has 2 aromatic carbocycles. The van der Waals surface area contributed by atoms with Crippen LogP contribution in [0.2, 0.25) is 0 Å². The molecule has 0 aliphatic rings. The largest absolute Gasteiger partial charge is 0.395 e. The first-order valence-electron chi connectivity index (χ1n) is 8.59. The van der Waals surface area contributed by atoms with Crippen molar-refractivity contribution < 1.29 is 9.90 Å². The highest BCUT2D eigenvalue weighted by molar-refractivity contribution is 5.95. The fraction of sp³-hybridized carbons (Fsp3) is 0.250. The summed E-state index contributed by atoms with van der Waals surface area (Å²) in [5.74, 6) is -0.471. The van der Waals surface area contributed by atoms with Crippen LogP contribution >= 0.6 is 0 Å². The van der Waals surface area contributed by atoms with E-state index in [4.69, 9.17) is 0 Å². The quantitative estimate of drug-likeness (QED) is 0.737. The first-order valence-corrected chi connectivity index (χ1v) is 8.59. The summed E-state index contributed by atoms with van der Waals surface area (Å²) in [5.41, 5.74) is 1.13. The van der Waals surface area contributed by atoms with E-state index in [0.717, 1.165) is 5.56 Å². The van der Waals surface area contributed by atoms with Gasteiger partial charge in [-0.05, 0) is 24.6 Å². The standard InChI is InChI=1S/C20H21N3O3/c1-2-23-17-11-7-6-10-16(17)19(25)18(21-23)20(26)22(12-13-24)14-15-8-4-3-5-9-15/h3-11,24H,2,12-14H2,1H3. The molecule has 6 nitrogen and oxygen atoms in total. The molecule has 26 heavy (non-hydrogen) atoms. The Morgan fingerprint density at radius 1 is 1.12 bits per heavy atom. The van der Waals surface area contributed by atoms with Crippen LogP contribution in [-0.2, 0) is 13.1 Å². The number of amides is 1. The number of carbonyl (C=O) groups excluding carboxylic acids is 1. The Hall–Kier alpha value is -2.99. The lowest BCUT2D eigenvalue weighted by Crippen LogP contribution is -2.37. The second kappa shape index (κ2) is 7.93. The average Bonchev–Trinajstić information content (AvgIpc) is 2.68. The van der Waals surface area contributed by atoms with Crippen molar-refractivity contribution in [3.05, 3.63) is 76.1 Å². The Kier molecular flexibility index (Phi) is 5.43. The van der Waals surface area contributed by atoms with Crippen molar-refractivity contribution >= 4 is 16.8 Å². The molecule has 0 fully saturated rings. The van der Waals surface area contributed by atoms with Crippen molar-refractivity contribution in [1.82, 2.24) is 14.7 Å². The van der Waals surface area contributed by atoms with Gasteiger partial charge in [-0.3, -0.25) is 14.3 Å². The summed E-state index contributed by atoms with van der Waals surface area (Å²) in [4.78, 5) is 27.3. The molecule has 0 aliphatic heterocycles. The van der Waals surface area contributed by atoms with Crippen LogP contribution in [0.5, 0.6) is 0 Å². The molecule has 6 heteroatoms. The minimum atomic E-state index is -0.471. The molecule has 3 rings (SSSR count). The third kappa shape index (κ3) is 3.50. The molecule has 0 saturated carbocycles. The molecule has 0 aliphatic carbocycles. The third-order valence-corrected chi connectivity index (χ3v) is 4.24. The number of aliphatic hydroxyl groups excluding tert-OH is 1. The number of para-hydroxylation sites is 1. The number of rotatable bonds is 6. The van der Waals surface area contributed by atoms with Crippen LogP contribution < -0.4 is 5.43 Å². The van der Waals surface area contributed by atoms with E-state index < -0.39 is 5.91 Å². The van der Waals surface area contributed by atoms with Crippen molar-refractivity contribution in [2.24, 2.45) is 0 Å². The number of aliphatic hydroxyl groups is 1. The smallest absolute Gasteiger partial charge is 0.278 e. The second-order valence-corrected chi connectivity index (χ2v) is 5.95. The van der Waals surface area contributed by atoms with Gasteiger partial charge < -0.3 is 10.0 Å². The molecule has 1 heterocycles. The van der Waals surface area contributed by atoms with Gasteiger partial charge in [0.2, 0.25) is 5.43 Å². The predicted molar refractivity (Wildman–Crippen MR) is 99.9 cm³/mol. The molecule has 1 aromatic heterocycles. The van der Waals surface area contributed by atoms with Gasteiger partial charge in [0.25, 0.3) is 5.91 Å². The number of aromatic nitrogens is 2. The molecule has 134 valence electrons.